The van der Waals surface area contributed by atoms with Crippen LogP contribution in [0.15, 0.2) is 65.8 Å². The van der Waals surface area contributed by atoms with Gasteiger partial charge in [0, 0.05) is 17.6 Å². The van der Waals surface area contributed by atoms with Crippen LogP contribution in [-0.2, 0) is 30.1 Å². The lowest BCUT2D eigenvalue weighted by Crippen LogP contribution is -2.07. The minimum atomic E-state index is -1.03. The Balaban J connectivity index is 1.65. The molecule has 0 fully saturated rings. The van der Waals surface area contributed by atoms with Crippen molar-refractivity contribution >= 4 is 16.5 Å². The minimum absolute atomic E-state index is 0.503. The quantitative estimate of drug-likeness (QED) is 0.757. The second-order valence-electron chi connectivity index (χ2n) is 5.16. The van der Waals surface area contributed by atoms with Crippen molar-refractivity contribution in [1.82, 2.24) is 14.8 Å². The molecule has 0 aliphatic heterocycles. The smallest absolute Gasteiger partial charge is 0.145 e. The standard InChI is InChI=1S/C17H18N4OS/c1-21-17(19-13-20-21)11-18-15-7-5-6-14(10-15)12-23(22)16-8-3-2-4-9-16/h2-10,13,18H,11-12H2,1H3/t23-/m0/s1. The van der Waals surface area contributed by atoms with Gasteiger partial charge in [-0.2, -0.15) is 5.10 Å². The topological polar surface area (TPSA) is 59.8 Å². The molecule has 0 aliphatic rings. The first kappa shape index (κ1) is 15.4. The highest BCUT2D eigenvalue weighted by molar-refractivity contribution is 7.84. The first-order valence-electron chi connectivity index (χ1n) is 7.31. The fourth-order valence-electron chi connectivity index (χ4n) is 2.24. The molecule has 1 N–H and O–H groups in total. The summed E-state index contributed by atoms with van der Waals surface area (Å²) in [6, 6.07) is 17.5. The van der Waals surface area contributed by atoms with Crippen LogP contribution >= 0.6 is 0 Å². The van der Waals surface area contributed by atoms with Crippen molar-refractivity contribution in [3.05, 3.63) is 72.3 Å². The zero-order chi connectivity index (χ0) is 16.1. The molecule has 1 heterocycles. The molecule has 0 radical (unpaired) electrons. The molecule has 0 saturated heterocycles. The van der Waals surface area contributed by atoms with Crippen molar-refractivity contribution in [3.8, 4) is 0 Å². The predicted octanol–water partition coefficient (Wildman–Crippen LogP) is 2.74. The van der Waals surface area contributed by atoms with Crippen LogP contribution in [-0.4, -0.2) is 19.0 Å². The molecule has 0 unspecified atom stereocenters. The van der Waals surface area contributed by atoms with Crippen LogP contribution in [0.2, 0.25) is 0 Å². The van der Waals surface area contributed by atoms with Gasteiger partial charge in [0.15, 0.2) is 0 Å². The first-order chi connectivity index (χ1) is 11.2. The number of rotatable bonds is 6. The van der Waals surface area contributed by atoms with Crippen LogP contribution < -0.4 is 5.32 Å². The van der Waals surface area contributed by atoms with E-state index in [1.807, 2.05) is 61.6 Å². The number of anilines is 1. The summed E-state index contributed by atoms with van der Waals surface area (Å²) in [5, 5.41) is 7.36. The van der Waals surface area contributed by atoms with Crippen LogP contribution in [0.4, 0.5) is 5.69 Å². The number of benzene rings is 2. The molecule has 0 spiro atoms. The monoisotopic (exact) mass is 326 g/mol. The molecule has 0 saturated carbocycles. The second kappa shape index (κ2) is 7.19. The normalized spacial score (nSPS) is 12.0. The van der Waals surface area contributed by atoms with Gasteiger partial charge in [-0.3, -0.25) is 8.89 Å². The first-order valence-corrected chi connectivity index (χ1v) is 8.63. The van der Waals surface area contributed by atoms with E-state index < -0.39 is 10.8 Å². The van der Waals surface area contributed by atoms with Gasteiger partial charge in [-0.05, 0) is 29.8 Å². The SMILES string of the molecule is Cn1ncnc1CNc1cccc(C[S@](=O)c2ccccc2)c1. The lowest BCUT2D eigenvalue weighted by Gasteiger charge is -2.08. The zero-order valence-corrected chi connectivity index (χ0v) is 13.7. The minimum Gasteiger partial charge on any atom is -0.378 e. The van der Waals surface area contributed by atoms with E-state index in [9.17, 15) is 4.21 Å². The molecule has 1 aromatic heterocycles. The zero-order valence-electron chi connectivity index (χ0n) is 12.8. The van der Waals surface area contributed by atoms with E-state index in [2.05, 4.69) is 15.4 Å². The Morgan fingerprint density at radius 2 is 1.96 bits per heavy atom. The highest BCUT2D eigenvalue weighted by Gasteiger charge is 2.06. The van der Waals surface area contributed by atoms with E-state index in [4.69, 9.17) is 0 Å². The molecular weight excluding hydrogens is 308 g/mol. The third kappa shape index (κ3) is 4.04. The molecular formula is C17H18N4OS. The molecule has 6 heteroatoms. The van der Waals surface area contributed by atoms with Crippen molar-refractivity contribution in [2.75, 3.05) is 5.32 Å². The van der Waals surface area contributed by atoms with E-state index in [0.29, 0.717) is 12.3 Å². The number of hydrogen-bond donors (Lipinski definition) is 1. The van der Waals surface area contributed by atoms with Gasteiger partial charge in [0.05, 0.1) is 23.1 Å². The molecule has 5 nitrogen and oxygen atoms in total. The molecule has 2 aromatic carbocycles. The lowest BCUT2D eigenvalue weighted by molar-refractivity contribution is 0.682. The fraction of sp³-hybridized carbons (Fsp3) is 0.176. The van der Waals surface area contributed by atoms with Crippen molar-refractivity contribution in [3.63, 3.8) is 0 Å². The van der Waals surface area contributed by atoms with Gasteiger partial charge in [-0.25, -0.2) is 4.98 Å². The Labute approximate surface area is 137 Å². The largest absolute Gasteiger partial charge is 0.378 e. The average Bonchev–Trinajstić information content (AvgIpc) is 2.99. The number of aryl methyl sites for hydroxylation is 1. The van der Waals surface area contributed by atoms with Gasteiger partial charge in [-0.1, -0.05) is 30.3 Å². The van der Waals surface area contributed by atoms with E-state index >= 15 is 0 Å². The molecule has 118 valence electrons. The summed E-state index contributed by atoms with van der Waals surface area (Å²) < 4.78 is 14.1. The van der Waals surface area contributed by atoms with E-state index in [1.165, 1.54) is 6.33 Å². The molecule has 1 atom stereocenters. The Morgan fingerprint density at radius 1 is 1.13 bits per heavy atom. The Kier molecular flexibility index (Phi) is 4.83. The Hall–Kier alpha value is -2.47. The van der Waals surface area contributed by atoms with Crippen LogP contribution in [0.25, 0.3) is 0 Å². The summed E-state index contributed by atoms with van der Waals surface area (Å²) in [5.41, 5.74) is 2.02. The van der Waals surface area contributed by atoms with Crippen molar-refractivity contribution in [1.29, 1.82) is 0 Å². The van der Waals surface area contributed by atoms with Crippen LogP contribution in [0.5, 0.6) is 0 Å². The summed E-state index contributed by atoms with van der Waals surface area (Å²) in [5.74, 6) is 1.37. The molecule has 3 rings (SSSR count). The van der Waals surface area contributed by atoms with Gasteiger partial charge >= 0.3 is 0 Å². The van der Waals surface area contributed by atoms with E-state index in [1.54, 1.807) is 4.68 Å². The highest BCUT2D eigenvalue weighted by atomic mass is 32.2. The van der Waals surface area contributed by atoms with Crippen LogP contribution in [0.1, 0.15) is 11.4 Å². The number of aromatic nitrogens is 3. The molecule has 23 heavy (non-hydrogen) atoms. The fourth-order valence-corrected chi connectivity index (χ4v) is 3.35. The third-order valence-electron chi connectivity index (χ3n) is 3.49. The number of hydrogen-bond acceptors (Lipinski definition) is 4. The van der Waals surface area contributed by atoms with Gasteiger partial charge in [0.2, 0.25) is 0 Å². The van der Waals surface area contributed by atoms with Crippen LogP contribution in [0, 0.1) is 0 Å². The number of nitrogens with one attached hydrogen (secondary N) is 1. The average molecular weight is 326 g/mol. The summed E-state index contributed by atoms with van der Waals surface area (Å²) in [7, 11) is 0.830. The van der Waals surface area contributed by atoms with Gasteiger partial charge in [0.25, 0.3) is 0 Å². The van der Waals surface area contributed by atoms with Gasteiger partial charge < -0.3 is 5.32 Å². The predicted molar refractivity (Wildman–Crippen MR) is 91.3 cm³/mol. The van der Waals surface area contributed by atoms with E-state index in [-0.39, 0.29) is 0 Å². The molecule has 0 amide bonds. The summed E-state index contributed by atoms with van der Waals surface area (Å²) >= 11 is 0. The lowest BCUT2D eigenvalue weighted by atomic mass is 10.2. The number of nitrogens with zero attached hydrogens (tertiary/aromatic N) is 3. The van der Waals surface area contributed by atoms with Crippen molar-refractivity contribution in [2.45, 2.75) is 17.2 Å². The summed E-state index contributed by atoms with van der Waals surface area (Å²) in [6.07, 6.45) is 1.54. The molecule has 0 bridgehead atoms. The second-order valence-corrected chi connectivity index (χ2v) is 6.61. The Bertz CT molecular complexity index is 801. The maximum Gasteiger partial charge on any atom is 0.145 e. The molecule has 3 aromatic rings. The summed E-state index contributed by atoms with van der Waals surface area (Å²) in [4.78, 5) is 5.03. The summed E-state index contributed by atoms with van der Waals surface area (Å²) in [6.45, 7) is 0.599. The van der Waals surface area contributed by atoms with Crippen LogP contribution in [0.3, 0.4) is 0 Å². The highest BCUT2D eigenvalue weighted by Crippen LogP contribution is 2.16. The Morgan fingerprint density at radius 3 is 2.70 bits per heavy atom. The van der Waals surface area contributed by atoms with Crippen molar-refractivity contribution in [2.24, 2.45) is 7.05 Å². The maximum absolute atomic E-state index is 12.4. The van der Waals surface area contributed by atoms with Gasteiger partial charge in [0.1, 0.15) is 12.2 Å². The van der Waals surface area contributed by atoms with Crippen molar-refractivity contribution < 1.29 is 4.21 Å². The van der Waals surface area contributed by atoms with Gasteiger partial charge in [-0.15, -0.1) is 0 Å². The third-order valence-corrected chi connectivity index (χ3v) is 4.88. The van der Waals surface area contributed by atoms with E-state index in [0.717, 1.165) is 22.0 Å². The molecule has 0 aliphatic carbocycles. The maximum atomic E-state index is 12.4.